The van der Waals surface area contributed by atoms with Crippen LogP contribution in [0.1, 0.15) is 27.2 Å². The number of hydrogen-bond acceptors (Lipinski definition) is 9. The molecule has 4 atom stereocenters. The van der Waals surface area contributed by atoms with Crippen LogP contribution < -0.4 is 20.7 Å². The molecule has 1 aromatic heterocycles. The Labute approximate surface area is 222 Å². The minimum Gasteiger partial charge on any atom is -0.475 e. The summed E-state index contributed by atoms with van der Waals surface area (Å²) < 4.78 is 55.8. The van der Waals surface area contributed by atoms with Crippen LogP contribution in [0.3, 0.4) is 0 Å². The van der Waals surface area contributed by atoms with Crippen molar-refractivity contribution in [1.82, 2.24) is 30.4 Å². The summed E-state index contributed by atoms with van der Waals surface area (Å²) in [5, 5.41) is 7.58. The predicted octanol–water partition coefficient (Wildman–Crippen LogP) is 1.69. The van der Waals surface area contributed by atoms with Gasteiger partial charge in [0.25, 0.3) is 0 Å². The van der Waals surface area contributed by atoms with E-state index >= 15 is 0 Å². The molecule has 1 aromatic rings. The topological polar surface area (TPSA) is 130 Å². The minimum absolute atomic E-state index is 0.00337. The number of carbonyl (C=O) groups excluding carboxylic acids is 2. The molecule has 3 N–H and O–H groups in total. The van der Waals surface area contributed by atoms with Gasteiger partial charge in [-0.3, -0.25) is 15.0 Å². The van der Waals surface area contributed by atoms with Crippen LogP contribution in [-0.4, -0.2) is 94.2 Å². The maximum absolute atomic E-state index is 13.4. The molecule has 0 aliphatic carbocycles. The number of dihydropyridines is 1. The molecule has 2 bridgehead atoms. The van der Waals surface area contributed by atoms with Crippen molar-refractivity contribution in [2.45, 2.75) is 63.4 Å². The van der Waals surface area contributed by atoms with E-state index in [1.807, 2.05) is 19.2 Å². The Balaban J connectivity index is 1.26. The fourth-order valence-corrected chi connectivity index (χ4v) is 4.81. The average Bonchev–Trinajstić information content (AvgIpc) is 3.45. The summed E-state index contributed by atoms with van der Waals surface area (Å²) in [6, 6.07) is -2.34. The Morgan fingerprint density at radius 2 is 2.15 bits per heavy atom. The molecule has 5 rings (SSSR count). The van der Waals surface area contributed by atoms with Gasteiger partial charge in [-0.15, -0.1) is 0 Å². The number of halogens is 3. The van der Waals surface area contributed by atoms with Crippen LogP contribution in [0.4, 0.5) is 23.9 Å². The molecule has 0 saturated carbocycles. The van der Waals surface area contributed by atoms with E-state index < -0.39 is 36.0 Å². The lowest BCUT2D eigenvalue weighted by Crippen LogP contribution is -2.57. The second kappa shape index (κ2) is 10.2. The van der Waals surface area contributed by atoms with E-state index in [4.69, 9.17) is 14.2 Å². The largest absolute Gasteiger partial charge is 0.475 e. The van der Waals surface area contributed by atoms with Gasteiger partial charge in [-0.25, -0.2) is 9.78 Å². The molecule has 4 aliphatic heterocycles. The van der Waals surface area contributed by atoms with E-state index in [0.29, 0.717) is 37.6 Å². The molecule has 5 heterocycles. The van der Waals surface area contributed by atoms with Crippen LogP contribution in [0.15, 0.2) is 35.9 Å². The van der Waals surface area contributed by atoms with Gasteiger partial charge in [-0.1, -0.05) is 6.08 Å². The van der Waals surface area contributed by atoms with Crippen LogP contribution in [-0.2, 0) is 14.3 Å². The van der Waals surface area contributed by atoms with Gasteiger partial charge in [-0.05, 0) is 33.3 Å². The van der Waals surface area contributed by atoms with Gasteiger partial charge in [0.05, 0.1) is 18.3 Å². The number of ether oxygens (including phenoxy) is 3. The lowest BCUT2D eigenvalue weighted by molar-refractivity contribution is -0.158. The maximum atomic E-state index is 13.4. The molecule has 3 amide bonds. The van der Waals surface area contributed by atoms with Gasteiger partial charge in [0.1, 0.15) is 30.6 Å². The summed E-state index contributed by atoms with van der Waals surface area (Å²) in [5.41, 5.74) is 0.673. The molecule has 1 unspecified atom stereocenters. The highest BCUT2D eigenvalue weighted by atomic mass is 19.4. The number of rotatable bonds is 6. The summed E-state index contributed by atoms with van der Waals surface area (Å²) in [4.78, 5) is 37.9. The SMILES string of the molecule is C[C@@H](NC(=O)C1C=CC2=C(N1)N(C(=O)Nc1nccc(OC[C@H]3COC(C)(C)O3)n1)[C@H]1CCN2C1)C(F)(F)F. The Morgan fingerprint density at radius 1 is 1.36 bits per heavy atom. The molecule has 0 radical (unpaired) electrons. The van der Waals surface area contributed by atoms with Crippen molar-refractivity contribution in [3.8, 4) is 5.88 Å². The van der Waals surface area contributed by atoms with Gasteiger partial charge < -0.3 is 29.7 Å². The third-order valence-corrected chi connectivity index (χ3v) is 6.78. The highest BCUT2D eigenvalue weighted by molar-refractivity contribution is 5.90. The highest BCUT2D eigenvalue weighted by Gasteiger charge is 2.44. The van der Waals surface area contributed by atoms with E-state index in [9.17, 15) is 22.8 Å². The third kappa shape index (κ3) is 5.88. The predicted molar refractivity (Wildman–Crippen MR) is 130 cm³/mol. The second-order valence-electron chi connectivity index (χ2n) is 10.2. The fraction of sp³-hybridized carbons (Fsp3) is 0.583. The smallest absolute Gasteiger partial charge is 0.408 e. The van der Waals surface area contributed by atoms with Crippen LogP contribution in [0.5, 0.6) is 5.88 Å². The minimum atomic E-state index is -4.58. The molecule has 0 spiro atoms. The summed E-state index contributed by atoms with van der Waals surface area (Å²) in [5.74, 6) is -0.979. The van der Waals surface area contributed by atoms with E-state index in [1.54, 1.807) is 12.1 Å². The van der Waals surface area contributed by atoms with E-state index in [-0.39, 0.29) is 30.6 Å². The fourth-order valence-electron chi connectivity index (χ4n) is 4.81. The Bertz CT molecular complexity index is 1190. The van der Waals surface area contributed by atoms with Crippen LogP contribution in [0, 0.1) is 0 Å². The average molecular weight is 554 g/mol. The van der Waals surface area contributed by atoms with Gasteiger partial charge in [0.2, 0.25) is 17.7 Å². The van der Waals surface area contributed by atoms with Crippen molar-refractivity contribution in [2.75, 3.05) is 31.6 Å². The zero-order valence-corrected chi connectivity index (χ0v) is 21.6. The zero-order chi connectivity index (χ0) is 27.9. The molecule has 39 heavy (non-hydrogen) atoms. The lowest BCUT2D eigenvalue weighted by Gasteiger charge is -2.40. The van der Waals surface area contributed by atoms with Crippen LogP contribution in [0.25, 0.3) is 0 Å². The summed E-state index contributed by atoms with van der Waals surface area (Å²) in [7, 11) is 0. The lowest BCUT2D eigenvalue weighted by atomic mass is 10.1. The quantitative estimate of drug-likeness (QED) is 0.482. The first kappa shape index (κ1) is 27.0. The Hall–Kier alpha value is -3.59. The number of alkyl halides is 3. The van der Waals surface area contributed by atoms with E-state index in [2.05, 4.69) is 25.5 Å². The number of nitrogens with one attached hydrogen (secondary N) is 3. The third-order valence-electron chi connectivity index (χ3n) is 6.78. The monoisotopic (exact) mass is 553 g/mol. The number of nitrogens with zero attached hydrogens (tertiary/aromatic N) is 4. The number of fused-ring (bicyclic) bond motifs is 3. The van der Waals surface area contributed by atoms with Crippen molar-refractivity contribution in [3.63, 3.8) is 0 Å². The van der Waals surface area contributed by atoms with E-state index in [1.165, 1.54) is 17.2 Å². The molecule has 4 aliphatic rings. The van der Waals surface area contributed by atoms with Crippen molar-refractivity contribution in [2.24, 2.45) is 0 Å². The Morgan fingerprint density at radius 3 is 2.87 bits per heavy atom. The molecule has 2 fully saturated rings. The summed E-state index contributed by atoms with van der Waals surface area (Å²) >= 11 is 0. The molecule has 0 aromatic carbocycles. The van der Waals surface area contributed by atoms with E-state index in [0.717, 1.165) is 6.92 Å². The van der Waals surface area contributed by atoms with Gasteiger partial charge >= 0.3 is 12.2 Å². The molecular weight excluding hydrogens is 523 g/mol. The number of urea groups is 1. The normalized spacial score (nSPS) is 26.2. The Kier molecular flexibility index (Phi) is 7.05. The molecule has 2 saturated heterocycles. The number of aromatic nitrogens is 2. The van der Waals surface area contributed by atoms with Gasteiger partial charge in [0.15, 0.2) is 5.79 Å². The number of allylic oxidation sites excluding steroid dienone is 1. The number of anilines is 1. The summed E-state index contributed by atoms with van der Waals surface area (Å²) in [6.45, 7) is 6.32. The van der Waals surface area contributed by atoms with Gasteiger partial charge in [-0.2, -0.15) is 18.2 Å². The second-order valence-corrected chi connectivity index (χ2v) is 10.2. The van der Waals surface area contributed by atoms with Gasteiger partial charge in [0, 0.05) is 25.4 Å². The highest BCUT2D eigenvalue weighted by Crippen LogP contribution is 2.33. The number of carbonyl (C=O) groups is 2. The van der Waals surface area contributed by atoms with Crippen molar-refractivity contribution in [1.29, 1.82) is 0 Å². The van der Waals surface area contributed by atoms with Crippen molar-refractivity contribution >= 4 is 17.9 Å². The molecule has 12 nitrogen and oxygen atoms in total. The summed E-state index contributed by atoms with van der Waals surface area (Å²) in [6.07, 6.45) is 0.393. The first-order valence-electron chi connectivity index (χ1n) is 12.6. The van der Waals surface area contributed by atoms with Crippen LogP contribution in [0.2, 0.25) is 0 Å². The maximum Gasteiger partial charge on any atom is 0.408 e. The van der Waals surface area contributed by atoms with Crippen molar-refractivity contribution in [3.05, 3.63) is 35.9 Å². The first-order valence-corrected chi connectivity index (χ1v) is 12.6. The molecule has 212 valence electrons. The first-order chi connectivity index (χ1) is 18.4. The number of amides is 3. The van der Waals surface area contributed by atoms with Crippen LogP contribution >= 0.6 is 0 Å². The molecule has 15 heteroatoms. The molecular formula is C24H30F3N7O5. The number of hydrogen-bond donors (Lipinski definition) is 3. The van der Waals surface area contributed by atoms with Crippen molar-refractivity contribution < 1.29 is 37.0 Å². The zero-order valence-electron chi connectivity index (χ0n) is 21.6. The standard InChI is InChI=1S/C24H30F3N7O5/c1-13(24(25,26)27)29-20(35)16-4-5-17-19(30-16)34(14-7-9-33(17)10-14)22(36)32-21-28-8-6-18(31-21)37-11-15-12-38-23(2,3)39-15/h4-6,8,13-16,30H,7,9-12H2,1-3H3,(H,29,35)(H,28,31,32,36)/t13-,14+,15+,16?/m1/s1.